The van der Waals surface area contributed by atoms with Crippen molar-refractivity contribution >= 4 is 19.8 Å². The van der Waals surface area contributed by atoms with E-state index < -0.39 is 32.5 Å². The third-order valence-electron chi connectivity index (χ3n) is 7.67. The fourth-order valence-electron chi connectivity index (χ4n) is 4.67. The van der Waals surface area contributed by atoms with Gasteiger partial charge in [0, 0.05) is 12.8 Å². The first kappa shape index (κ1) is 46.2. The number of phosphoric ester groups is 1. The van der Waals surface area contributed by atoms with Crippen LogP contribution in [-0.4, -0.2) is 74.9 Å². The summed E-state index contributed by atoms with van der Waals surface area (Å²) < 4.78 is 33.9. The molecule has 0 aromatic heterocycles. The minimum absolute atomic E-state index is 0.0242. The highest BCUT2D eigenvalue weighted by Gasteiger charge is 2.27. The summed E-state index contributed by atoms with van der Waals surface area (Å²) in [5.74, 6) is -0.870. The second-order valence-electron chi connectivity index (χ2n) is 13.6. The van der Waals surface area contributed by atoms with Crippen molar-refractivity contribution in [2.75, 3.05) is 47.5 Å². The van der Waals surface area contributed by atoms with Gasteiger partial charge in [0.05, 0.1) is 27.7 Å². The fourth-order valence-corrected chi connectivity index (χ4v) is 5.42. The highest BCUT2D eigenvalue weighted by molar-refractivity contribution is 7.47. The van der Waals surface area contributed by atoms with E-state index in [0.29, 0.717) is 23.9 Å². The minimum Gasteiger partial charge on any atom is -0.462 e. The monoisotopic (exact) mass is 700 g/mol. The molecule has 2 atom stereocenters. The van der Waals surface area contributed by atoms with Gasteiger partial charge >= 0.3 is 19.8 Å². The molecule has 0 aliphatic heterocycles. The van der Waals surface area contributed by atoms with Crippen LogP contribution in [-0.2, 0) is 32.7 Å². The number of hydrogen-bond acceptors (Lipinski definition) is 7. The maximum Gasteiger partial charge on any atom is 0.472 e. The van der Waals surface area contributed by atoms with Crippen molar-refractivity contribution in [1.82, 2.24) is 0 Å². The van der Waals surface area contributed by atoms with Gasteiger partial charge < -0.3 is 18.9 Å². The number of phosphoric acid groups is 1. The Bertz CT molecular complexity index is 928. The first-order valence-corrected chi connectivity index (χ1v) is 20.2. The minimum atomic E-state index is -4.37. The number of carbonyl (C=O) groups excluding carboxylic acids is 2. The summed E-state index contributed by atoms with van der Waals surface area (Å²) >= 11 is 0. The van der Waals surface area contributed by atoms with Crippen LogP contribution >= 0.6 is 7.82 Å². The largest absolute Gasteiger partial charge is 0.472 e. The number of carbonyl (C=O) groups is 2. The van der Waals surface area contributed by atoms with E-state index in [1.54, 1.807) is 0 Å². The molecule has 10 heteroatoms. The van der Waals surface area contributed by atoms with Crippen LogP contribution in [0.3, 0.4) is 0 Å². The second kappa shape index (κ2) is 31.2. The molecule has 0 aliphatic carbocycles. The molecule has 48 heavy (non-hydrogen) atoms. The standard InChI is InChI=1S/C38H70NO8P/c1-6-8-10-12-14-15-16-17-18-19-20-21-22-23-25-26-28-30-37(40)44-34-36(35-46-48(42,43)45-33-32-39(3,4)5)47-38(41)31-29-27-24-13-11-9-7-2/h17-18,20-21,23,25,36H,6-16,19,22,24,26-35H2,1-5H3/p+1/b18-17+,21-20+,25-23+/t36-/m0/s1. The van der Waals surface area contributed by atoms with Crippen LogP contribution in [0.5, 0.6) is 0 Å². The number of nitrogens with zero attached hydrogens (tertiary/aromatic N) is 1. The molecule has 0 amide bonds. The predicted molar refractivity (Wildman–Crippen MR) is 197 cm³/mol. The van der Waals surface area contributed by atoms with Gasteiger partial charge in [-0.2, -0.15) is 0 Å². The quantitative estimate of drug-likeness (QED) is 0.0237. The normalized spacial score (nSPS) is 14.2. The molecule has 0 saturated heterocycles. The molecule has 0 aromatic carbocycles. The molecule has 280 valence electrons. The number of unbranched alkanes of at least 4 members (excludes halogenated alkanes) is 13. The predicted octanol–water partition coefficient (Wildman–Crippen LogP) is 9.79. The molecule has 0 radical (unpaired) electrons. The zero-order valence-electron chi connectivity index (χ0n) is 31.2. The zero-order chi connectivity index (χ0) is 35.8. The number of hydrogen-bond donors (Lipinski definition) is 1. The smallest absolute Gasteiger partial charge is 0.462 e. The van der Waals surface area contributed by atoms with Crippen molar-refractivity contribution < 1.29 is 42.1 Å². The van der Waals surface area contributed by atoms with Crippen molar-refractivity contribution in [2.45, 2.75) is 148 Å². The summed E-state index contributed by atoms with van der Waals surface area (Å²) in [6.07, 6.45) is 32.2. The van der Waals surface area contributed by atoms with Crippen LogP contribution in [0, 0.1) is 0 Å². The molecule has 0 spiro atoms. The molecule has 0 saturated carbocycles. The Morgan fingerprint density at radius 2 is 1.15 bits per heavy atom. The molecule has 0 aromatic rings. The summed E-state index contributed by atoms with van der Waals surface area (Å²) in [5.41, 5.74) is 0. The number of quaternary nitrogens is 1. The number of likely N-dealkylation sites (N-methyl/N-ethyl adjacent to an activating group) is 1. The van der Waals surface area contributed by atoms with Gasteiger partial charge in [0.15, 0.2) is 6.10 Å². The van der Waals surface area contributed by atoms with Gasteiger partial charge in [0.1, 0.15) is 19.8 Å². The Kier molecular flexibility index (Phi) is 30.1. The van der Waals surface area contributed by atoms with E-state index >= 15 is 0 Å². The molecule has 9 nitrogen and oxygen atoms in total. The van der Waals surface area contributed by atoms with Gasteiger partial charge in [-0.25, -0.2) is 4.57 Å². The van der Waals surface area contributed by atoms with Crippen molar-refractivity contribution in [3.63, 3.8) is 0 Å². The van der Waals surface area contributed by atoms with E-state index in [0.717, 1.165) is 44.9 Å². The topological polar surface area (TPSA) is 108 Å². The molecule has 0 heterocycles. The lowest BCUT2D eigenvalue weighted by Crippen LogP contribution is -2.37. The number of ether oxygens (including phenoxy) is 2. The maximum atomic E-state index is 12.5. The summed E-state index contributed by atoms with van der Waals surface area (Å²) in [7, 11) is 1.45. The van der Waals surface area contributed by atoms with Crippen LogP contribution < -0.4 is 0 Å². The van der Waals surface area contributed by atoms with E-state index in [2.05, 4.69) is 50.3 Å². The molecule has 0 rings (SSSR count). The summed E-state index contributed by atoms with van der Waals surface area (Å²) in [6, 6.07) is 0. The lowest BCUT2D eigenvalue weighted by Gasteiger charge is -2.24. The Morgan fingerprint density at radius 3 is 1.73 bits per heavy atom. The molecule has 1 unspecified atom stereocenters. The van der Waals surface area contributed by atoms with Crippen LogP contribution in [0.4, 0.5) is 0 Å². The van der Waals surface area contributed by atoms with E-state index in [1.807, 2.05) is 21.1 Å². The van der Waals surface area contributed by atoms with Crippen molar-refractivity contribution in [3.05, 3.63) is 36.5 Å². The van der Waals surface area contributed by atoms with Gasteiger partial charge in [0.2, 0.25) is 0 Å². The van der Waals surface area contributed by atoms with Gasteiger partial charge in [-0.3, -0.25) is 18.6 Å². The van der Waals surface area contributed by atoms with E-state index in [9.17, 15) is 19.0 Å². The Labute approximate surface area is 293 Å². The van der Waals surface area contributed by atoms with Crippen molar-refractivity contribution in [3.8, 4) is 0 Å². The third-order valence-corrected chi connectivity index (χ3v) is 8.66. The number of esters is 2. The SMILES string of the molecule is CCCCCCCC/C=C/C/C=C/C/C=C/CCCC(=O)OC[C@@H](COP(=O)(O)OCC[N+](C)(C)C)OC(=O)CCCCCCCCC. The summed E-state index contributed by atoms with van der Waals surface area (Å²) in [4.78, 5) is 35.0. The zero-order valence-corrected chi connectivity index (χ0v) is 32.1. The fraction of sp³-hybridized carbons (Fsp3) is 0.789. The Morgan fingerprint density at radius 1 is 0.646 bits per heavy atom. The van der Waals surface area contributed by atoms with Crippen LogP contribution in [0.15, 0.2) is 36.5 Å². The van der Waals surface area contributed by atoms with Crippen LogP contribution in [0.1, 0.15) is 142 Å². The van der Waals surface area contributed by atoms with Crippen molar-refractivity contribution in [1.29, 1.82) is 0 Å². The van der Waals surface area contributed by atoms with Gasteiger partial charge in [0.25, 0.3) is 0 Å². The van der Waals surface area contributed by atoms with Gasteiger partial charge in [-0.1, -0.05) is 121 Å². The molecular formula is C38H71NO8P+. The first-order chi connectivity index (χ1) is 23.0. The third kappa shape index (κ3) is 34.1. The lowest BCUT2D eigenvalue weighted by molar-refractivity contribution is -0.870. The number of rotatable bonds is 33. The summed E-state index contributed by atoms with van der Waals surface area (Å²) in [5, 5.41) is 0. The molecule has 0 bridgehead atoms. The van der Waals surface area contributed by atoms with Gasteiger partial charge in [-0.05, 0) is 44.9 Å². The first-order valence-electron chi connectivity index (χ1n) is 18.7. The molecular weight excluding hydrogens is 629 g/mol. The van der Waals surface area contributed by atoms with Crippen LogP contribution in [0.2, 0.25) is 0 Å². The van der Waals surface area contributed by atoms with E-state index in [-0.39, 0.29) is 26.1 Å². The second-order valence-corrected chi connectivity index (χ2v) is 15.1. The van der Waals surface area contributed by atoms with Crippen LogP contribution in [0.25, 0.3) is 0 Å². The lowest BCUT2D eigenvalue weighted by atomic mass is 10.1. The van der Waals surface area contributed by atoms with E-state index in [4.69, 9.17) is 18.5 Å². The Hall–Kier alpha value is -1.77. The van der Waals surface area contributed by atoms with E-state index in [1.165, 1.54) is 57.8 Å². The van der Waals surface area contributed by atoms with Crippen molar-refractivity contribution in [2.24, 2.45) is 0 Å². The Balaban J connectivity index is 4.44. The van der Waals surface area contributed by atoms with Gasteiger partial charge in [-0.15, -0.1) is 0 Å². The average Bonchev–Trinajstić information content (AvgIpc) is 3.02. The maximum absolute atomic E-state index is 12.5. The summed E-state index contributed by atoms with van der Waals surface area (Å²) in [6.45, 7) is 4.28. The highest BCUT2D eigenvalue weighted by atomic mass is 31.2. The molecule has 0 fully saturated rings. The average molecular weight is 701 g/mol. The molecule has 0 aliphatic rings. The number of allylic oxidation sites excluding steroid dienone is 6. The molecule has 1 N–H and O–H groups in total. The highest BCUT2D eigenvalue weighted by Crippen LogP contribution is 2.43.